The predicted molar refractivity (Wildman–Crippen MR) is 74.6 cm³/mol. The zero-order chi connectivity index (χ0) is 12.1. The highest BCUT2D eigenvalue weighted by Gasteiger charge is 2.08. The van der Waals surface area contributed by atoms with Crippen LogP contribution in [-0.2, 0) is 0 Å². The molecule has 3 N–H and O–H groups in total. The number of hydrogen-bond donors (Lipinski definition) is 2. The monoisotopic (exact) mass is 256 g/mol. The van der Waals surface area contributed by atoms with Crippen LogP contribution in [0.4, 0.5) is 5.69 Å². The van der Waals surface area contributed by atoms with Gasteiger partial charge in [0.25, 0.3) is 5.91 Å². The standard InChI is InChI=1S/C13H20N2O.ClH/c1-9(2)6-7-15-13(16)12-8-11(14)5-4-10(12)3;/h4-5,8-9H,6-7,14H2,1-3H3,(H,15,16);1H. The molecule has 0 bridgehead atoms. The van der Waals surface area contributed by atoms with Gasteiger partial charge in [0.1, 0.15) is 0 Å². The molecule has 96 valence electrons. The van der Waals surface area contributed by atoms with Crippen LogP contribution in [0.15, 0.2) is 18.2 Å². The quantitative estimate of drug-likeness (QED) is 0.814. The lowest BCUT2D eigenvalue weighted by molar-refractivity contribution is 0.0951. The van der Waals surface area contributed by atoms with Gasteiger partial charge >= 0.3 is 0 Å². The van der Waals surface area contributed by atoms with Gasteiger partial charge in [-0.25, -0.2) is 0 Å². The molecule has 1 aromatic carbocycles. The van der Waals surface area contributed by atoms with Gasteiger partial charge in [0.15, 0.2) is 0 Å². The molecule has 0 heterocycles. The van der Waals surface area contributed by atoms with Gasteiger partial charge in [-0.05, 0) is 37.0 Å². The van der Waals surface area contributed by atoms with Gasteiger partial charge in [-0.3, -0.25) is 4.79 Å². The number of carbonyl (C=O) groups excluding carboxylic acids is 1. The van der Waals surface area contributed by atoms with Crippen LogP contribution >= 0.6 is 12.4 Å². The third kappa shape index (κ3) is 5.09. The Morgan fingerprint density at radius 3 is 2.65 bits per heavy atom. The van der Waals surface area contributed by atoms with Crippen molar-refractivity contribution in [3.63, 3.8) is 0 Å². The number of rotatable bonds is 4. The lowest BCUT2D eigenvalue weighted by Crippen LogP contribution is -2.26. The second-order valence-electron chi connectivity index (χ2n) is 4.51. The van der Waals surface area contributed by atoms with E-state index < -0.39 is 0 Å². The first kappa shape index (κ1) is 15.8. The van der Waals surface area contributed by atoms with E-state index in [4.69, 9.17) is 5.73 Å². The Labute approximate surface area is 109 Å². The molecule has 1 rings (SSSR count). The SMILES string of the molecule is Cc1ccc(N)cc1C(=O)NCCC(C)C.Cl. The minimum absolute atomic E-state index is 0. The van der Waals surface area contributed by atoms with Crippen molar-refractivity contribution in [2.45, 2.75) is 27.2 Å². The Kier molecular flexibility index (Phi) is 6.66. The predicted octanol–water partition coefficient (Wildman–Crippen LogP) is 2.77. The van der Waals surface area contributed by atoms with Crippen molar-refractivity contribution >= 4 is 24.0 Å². The summed E-state index contributed by atoms with van der Waals surface area (Å²) in [6.45, 7) is 6.90. The number of hydrogen-bond acceptors (Lipinski definition) is 2. The van der Waals surface area contributed by atoms with E-state index >= 15 is 0 Å². The van der Waals surface area contributed by atoms with E-state index in [1.165, 1.54) is 0 Å². The molecule has 17 heavy (non-hydrogen) atoms. The Hall–Kier alpha value is -1.22. The molecule has 0 saturated carbocycles. The van der Waals surface area contributed by atoms with Gasteiger partial charge in [-0.1, -0.05) is 19.9 Å². The van der Waals surface area contributed by atoms with Crippen molar-refractivity contribution in [2.24, 2.45) is 5.92 Å². The number of nitrogen functional groups attached to an aromatic ring is 1. The molecule has 0 radical (unpaired) electrons. The van der Waals surface area contributed by atoms with Gasteiger partial charge in [0.2, 0.25) is 0 Å². The van der Waals surface area contributed by atoms with Gasteiger partial charge in [-0.15, -0.1) is 12.4 Å². The molecule has 0 unspecified atom stereocenters. The smallest absolute Gasteiger partial charge is 0.251 e. The molecule has 4 heteroatoms. The molecule has 0 fully saturated rings. The number of nitrogens with one attached hydrogen (secondary N) is 1. The van der Waals surface area contributed by atoms with Crippen LogP contribution in [0.1, 0.15) is 36.2 Å². The molecule has 0 aromatic heterocycles. The van der Waals surface area contributed by atoms with Crippen molar-refractivity contribution < 1.29 is 4.79 Å². The molecule has 1 aromatic rings. The summed E-state index contributed by atoms with van der Waals surface area (Å²) in [5.41, 5.74) is 7.91. The van der Waals surface area contributed by atoms with Crippen LogP contribution in [0.3, 0.4) is 0 Å². The maximum Gasteiger partial charge on any atom is 0.251 e. The van der Waals surface area contributed by atoms with Crippen LogP contribution in [-0.4, -0.2) is 12.5 Å². The topological polar surface area (TPSA) is 55.1 Å². The number of carbonyl (C=O) groups is 1. The molecule has 0 spiro atoms. The largest absolute Gasteiger partial charge is 0.399 e. The second-order valence-corrected chi connectivity index (χ2v) is 4.51. The molecule has 0 saturated heterocycles. The Morgan fingerprint density at radius 1 is 1.41 bits per heavy atom. The lowest BCUT2D eigenvalue weighted by Gasteiger charge is -2.09. The fraction of sp³-hybridized carbons (Fsp3) is 0.462. The number of aryl methyl sites for hydroxylation is 1. The van der Waals surface area contributed by atoms with Gasteiger partial charge in [-0.2, -0.15) is 0 Å². The highest BCUT2D eigenvalue weighted by Crippen LogP contribution is 2.12. The summed E-state index contributed by atoms with van der Waals surface area (Å²) in [6, 6.07) is 5.40. The average Bonchev–Trinajstić information content (AvgIpc) is 2.21. The first-order valence-corrected chi connectivity index (χ1v) is 5.65. The molecule has 0 aliphatic rings. The van der Waals surface area contributed by atoms with Gasteiger partial charge < -0.3 is 11.1 Å². The molecular weight excluding hydrogens is 236 g/mol. The maximum atomic E-state index is 11.8. The Bertz CT molecular complexity index is 378. The third-order valence-electron chi connectivity index (χ3n) is 2.51. The summed E-state index contributed by atoms with van der Waals surface area (Å²) >= 11 is 0. The van der Waals surface area contributed by atoms with E-state index in [0.717, 1.165) is 12.0 Å². The first-order chi connectivity index (χ1) is 7.50. The van der Waals surface area contributed by atoms with E-state index in [9.17, 15) is 4.79 Å². The third-order valence-corrected chi connectivity index (χ3v) is 2.51. The number of amides is 1. The maximum absolute atomic E-state index is 11.8. The summed E-state index contributed by atoms with van der Waals surface area (Å²) in [5.74, 6) is 0.563. The van der Waals surface area contributed by atoms with E-state index in [1.807, 2.05) is 13.0 Å². The second kappa shape index (κ2) is 7.17. The molecule has 3 nitrogen and oxygen atoms in total. The van der Waals surface area contributed by atoms with Crippen LogP contribution in [0.25, 0.3) is 0 Å². The molecular formula is C13H21ClN2O. The molecule has 0 atom stereocenters. The molecule has 1 amide bonds. The van der Waals surface area contributed by atoms with Gasteiger partial charge in [0.05, 0.1) is 0 Å². The lowest BCUT2D eigenvalue weighted by atomic mass is 10.1. The fourth-order valence-corrected chi connectivity index (χ4v) is 1.45. The summed E-state index contributed by atoms with van der Waals surface area (Å²) in [6.07, 6.45) is 0.993. The Morgan fingerprint density at radius 2 is 2.06 bits per heavy atom. The summed E-state index contributed by atoms with van der Waals surface area (Å²) in [5, 5.41) is 2.90. The number of nitrogens with two attached hydrogens (primary N) is 1. The Balaban J connectivity index is 0.00000256. The zero-order valence-corrected chi connectivity index (χ0v) is 11.4. The first-order valence-electron chi connectivity index (χ1n) is 5.65. The number of benzene rings is 1. The van der Waals surface area contributed by atoms with Crippen molar-refractivity contribution in [3.8, 4) is 0 Å². The normalized spacial score (nSPS) is 9.88. The minimum atomic E-state index is -0.0366. The summed E-state index contributed by atoms with van der Waals surface area (Å²) in [4.78, 5) is 11.8. The van der Waals surface area contributed by atoms with Crippen LogP contribution in [0.2, 0.25) is 0 Å². The number of anilines is 1. The van der Waals surface area contributed by atoms with Crippen LogP contribution in [0, 0.1) is 12.8 Å². The highest BCUT2D eigenvalue weighted by molar-refractivity contribution is 5.96. The fourth-order valence-electron chi connectivity index (χ4n) is 1.45. The molecule has 0 aliphatic heterocycles. The summed E-state index contributed by atoms with van der Waals surface area (Å²) in [7, 11) is 0. The average molecular weight is 257 g/mol. The minimum Gasteiger partial charge on any atom is -0.399 e. The zero-order valence-electron chi connectivity index (χ0n) is 10.6. The summed E-state index contributed by atoms with van der Waals surface area (Å²) < 4.78 is 0. The van der Waals surface area contributed by atoms with Crippen LogP contribution in [0.5, 0.6) is 0 Å². The molecule has 0 aliphatic carbocycles. The van der Waals surface area contributed by atoms with Crippen molar-refractivity contribution in [2.75, 3.05) is 12.3 Å². The van der Waals surface area contributed by atoms with E-state index in [0.29, 0.717) is 23.7 Å². The number of halogens is 1. The highest BCUT2D eigenvalue weighted by atomic mass is 35.5. The van der Waals surface area contributed by atoms with Gasteiger partial charge in [0, 0.05) is 17.8 Å². The van der Waals surface area contributed by atoms with Crippen molar-refractivity contribution in [3.05, 3.63) is 29.3 Å². The van der Waals surface area contributed by atoms with Crippen molar-refractivity contribution in [1.82, 2.24) is 5.32 Å². The van der Waals surface area contributed by atoms with E-state index in [2.05, 4.69) is 19.2 Å². The van der Waals surface area contributed by atoms with Crippen molar-refractivity contribution in [1.29, 1.82) is 0 Å². The van der Waals surface area contributed by atoms with Crippen LogP contribution < -0.4 is 11.1 Å². The van der Waals surface area contributed by atoms with E-state index in [1.54, 1.807) is 12.1 Å². The van der Waals surface area contributed by atoms with E-state index in [-0.39, 0.29) is 18.3 Å².